The van der Waals surface area contributed by atoms with Gasteiger partial charge >= 0.3 is 0 Å². The highest BCUT2D eigenvalue weighted by atomic mass is 15.1. The van der Waals surface area contributed by atoms with Crippen LogP contribution in [0, 0.1) is 6.92 Å². The van der Waals surface area contributed by atoms with Crippen LogP contribution in [-0.4, -0.2) is 15.6 Å². The Bertz CT molecular complexity index is 539. The average molecular weight is 241 g/mol. The predicted molar refractivity (Wildman–Crippen MR) is 72.5 cm³/mol. The van der Waals surface area contributed by atoms with E-state index in [0.29, 0.717) is 6.04 Å². The first-order chi connectivity index (χ1) is 8.70. The van der Waals surface area contributed by atoms with Crippen LogP contribution in [0.4, 0.5) is 0 Å². The molecule has 18 heavy (non-hydrogen) atoms. The largest absolute Gasteiger partial charge is 0.333 e. The van der Waals surface area contributed by atoms with Crippen LogP contribution in [0.15, 0.2) is 30.5 Å². The zero-order valence-electron chi connectivity index (χ0n) is 10.8. The number of rotatable bonds is 2. The van der Waals surface area contributed by atoms with Crippen molar-refractivity contribution in [2.45, 2.75) is 38.8 Å². The molecule has 3 rings (SSSR count). The lowest BCUT2D eigenvalue weighted by Gasteiger charge is -2.19. The van der Waals surface area contributed by atoms with Gasteiger partial charge in [0.1, 0.15) is 5.82 Å². The third-order valence-electron chi connectivity index (χ3n) is 3.58. The lowest BCUT2D eigenvalue weighted by atomic mass is 10.1. The molecule has 3 heteroatoms. The molecule has 1 aromatic heterocycles. The van der Waals surface area contributed by atoms with E-state index in [0.717, 1.165) is 31.5 Å². The fourth-order valence-corrected chi connectivity index (χ4v) is 2.53. The predicted octanol–water partition coefficient (Wildman–Crippen LogP) is 2.06. The van der Waals surface area contributed by atoms with Crippen molar-refractivity contribution in [3.05, 3.63) is 53.1 Å². The Morgan fingerprint density at radius 1 is 1.33 bits per heavy atom. The minimum atomic E-state index is 0.291. The van der Waals surface area contributed by atoms with Crippen LogP contribution in [0.2, 0.25) is 0 Å². The highest BCUT2D eigenvalue weighted by molar-refractivity contribution is 5.25. The molecule has 0 fully saturated rings. The standard InChI is InChI=1S/C15H19N3/c1-11-2-4-12(5-3-11)8-14-10-18-9-13(16)6-7-15(18)17-14/h2-5,10,13H,6-9,16H2,1H3. The Kier molecular flexibility index (Phi) is 2.92. The minimum absolute atomic E-state index is 0.291. The summed E-state index contributed by atoms with van der Waals surface area (Å²) in [5, 5.41) is 0. The minimum Gasteiger partial charge on any atom is -0.333 e. The van der Waals surface area contributed by atoms with Gasteiger partial charge in [0, 0.05) is 31.6 Å². The summed E-state index contributed by atoms with van der Waals surface area (Å²) in [5.74, 6) is 1.19. The summed E-state index contributed by atoms with van der Waals surface area (Å²) in [7, 11) is 0. The Labute approximate surface area is 108 Å². The Morgan fingerprint density at radius 3 is 2.89 bits per heavy atom. The SMILES string of the molecule is Cc1ccc(Cc2cn3c(n2)CCC(N)C3)cc1. The van der Waals surface area contributed by atoms with Crippen molar-refractivity contribution in [2.75, 3.05) is 0 Å². The van der Waals surface area contributed by atoms with Crippen LogP contribution in [0.3, 0.4) is 0 Å². The molecule has 1 aliphatic heterocycles. The summed E-state index contributed by atoms with van der Waals surface area (Å²) in [6.45, 7) is 3.02. The first-order valence-corrected chi connectivity index (χ1v) is 6.57. The van der Waals surface area contributed by atoms with Gasteiger partial charge in [-0.15, -0.1) is 0 Å². The number of fused-ring (bicyclic) bond motifs is 1. The van der Waals surface area contributed by atoms with Crippen LogP contribution in [-0.2, 0) is 19.4 Å². The molecule has 0 saturated carbocycles. The molecule has 2 heterocycles. The van der Waals surface area contributed by atoms with Crippen LogP contribution in [0.1, 0.15) is 29.1 Å². The number of benzene rings is 1. The summed E-state index contributed by atoms with van der Waals surface area (Å²) in [6, 6.07) is 8.96. The highest BCUT2D eigenvalue weighted by Gasteiger charge is 2.17. The molecule has 0 bridgehead atoms. The van der Waals surface area contributed by atoms with Gasteiger partial charge < -0.3 is 10.3 Å². The number of hydrogen-bond donors (Lipinski definition) is 1. The molecule has 1 aromatic carbocycles. The quantitative estimate of drug-likeness (QED) is 0.874. The molecule has 0 spiro atoms. The normalized spacial score (nSPS) is 18.7. The Hall–Kier alpha value is -1.61. The number of imidazole rings is 1. The molecule has 0 radical (unpaired) electrons. The monoisotopic (exact) mass is 241 g/mol. The van der Waals surface area contributed by atoms with E-state index < -0.39 is 0 Å². The zero-order valence-corrected chi connectivity index (χ0v) is 10.8. The van der Waals surface area contributed by atoms with Gasteiger partial charge in [0.25, 0.3) is 0 Å². The molecule has 1 aliphatic rings. The second-order valence-corrected chi connectivity index (χ2v) is 5.26. The van der Waals surface area contributed by atoms with Crippen molar-refractivity contribution in [1.82, 2.24) is 9.55 Å². The third-order valence-corrected chi connectivity index (χ3v) is 3.58. The topological polar surface area (TPSA) is 43.8 Å². The molecule has 3 nitrogen and oxygen atoms in total. The van der Waals surface area contributed by atoms with E-state index in [1.807, 2.05) is 0 Å². The van der Waals surface area contributed by atoms with Gasteiger partial charge in [0.05, 0.1) is 5.69 Å². The fourth-order valence-electron chi connectivity index (χ4n) is 2.53. The van der Waals surface area contributed by atoms with Gasteiger partial charge in [-0.2, -0.15) is 0 Å². The van der Waals surface area contributed by atoms with E-state index in [2.05, 4.69) is 42.0 Å². The lowest BCUT2D eigenvalue weighted by Crippen LogP contribution is -2.31. The van der Waals surface area contributed by atoms with E-state index in [4.69, 9.17) is 10.7 Å². The second kappa shape index (κ2) is 4.58. The average Bonchev–Trinajstić information content (AvgIpc) is 2.73. The molecule has 0 aliphatic carbocycles. The van der Waals surface area contributed by atoms with Crippen LogP contribution < -0.4 is 5.73 Å². The molecule has 0 saturated heterocycles. The van der Waals surface area contributed by atoms with Crippen molar-refractivity contribution in [2.24, 2.45) is 5.73 Å². The van der Waals surface area contributed by atoms with Crippen molar-refractivity contribution >= 4 is 0 Å². The molecular formula is C15H19N3. The van der Waals surface area contributed by atoms with E-state index in [1.54, 1.807) is 0 Å². The van der Waals surface area contributed by atoms with E-state index in [9.17, 15) is 0 Å². The molecular weight excluding hydrogens is 222 g/mol. The van der Waals surface area contributed by atoms with Gasteiger partial charge in [-0.3, -0.25) is 0 Å². The van der Waals surface area contributed by atoms with E-state index in [1.165, 1.54) is 17.0 Å². The number of nitrogens with zero attached hydrogens (tertiary/aromatic N) is 2. The van der Waals surface area contributed by atoms with Gasteiger partial charge in [0.2, 0.25) is 0 Å². The first-order valence-electron chi connectivity index (χ1n) is 6.57. The van der Waals surface area contributed by atoms with Crippen molar-refractivity contribution in [3.63, 3.8) is 0 Å². The number of hydrogen-bond acceptors (Lipinski definition) is 2. The first kappa shape index (κ1) is 11.5. The third kappa shape index (κ3) is 2.31. The van der Waals surface area contributed by atoms with Crippen LogP contribution >= 0.6 is 0 Å². The maximum atomic E-state index is 5.98. The maximum absolute atomic E-state index is 5.98. The van der Waals surface area contributed by atoms with Crippen molar-refractivity contribution in [1.29, 1.82) is 0 Å². The zero-order chi connectivity index (χ0) is 12.5. The van der Waals surface area contributed by atoms with Gasteiger partial charge in [-0.1, -0.05) is 29.8 Å². The summed E-state index contributed by atoms with van der Waals surface area (Å²) in [6.07, 6.45) is 5.14. The van der Waals surface area contributed by atoms with E-state index in [-0.39, 0.29) is 0 Å². The molecule has 1 unspecified atom stereocenters. The molecule has 2 aromatic rings. The summed E-state index contributed by atoms with van der Waals surface area (Å²) in [4.78, 5) is 4.71. The van der Waals surface area contributed by atoms with Gasteiger partial charge in [0.15, 0.2) is 0 Å². The maximum Gasteiger partial charge on any atom is 0.109 e. The highest BCUT2D eigenvalue weighted by Crippen LogP contribution is 2.16. The molecule has 0 amide bonds. The molecule has 2 N–H and O–H groups in total. The Balaban J connectivity index is 1.79. The van der Waals surface area contributed by atoms with Gasteiger partial charge in [-0.05, 0) is 18.9 Å². The van der Waals surface area contributed by atoms with Crippen LogP contribution in [0.5, 0.6) is 0 Å². The van der Waals surface area contributed by atoms with E-state index >= 15 is 0 Å². The number of aryl methyl sites for hydroxylation is 2. The number of nitrogens with two attached hydrogens (primary N) is 1. The van der Waals surface area contributed by atoms with Crippen molar-refractivity contribution < 1.29 is 0 Å². The Morgan fingerprint density at radius 2 is 2.11 bits per heavy atom. The summed E-state index contributed by atoms with van der Waals surface area (Å²) < 4.78 is 2.22. The smallest absolute Gasteiger partial charge is 0.109 e. The van der Waals surface area contributed by atoms with Gasteiger partial charge in [-0.25, -0.2) is 4.98 Å². The summed E-state index contributed by atoms with van der Waals surface area (Å²) in [5.41, 5.74) is 9.75. The molecule has 94 valence electrons. The molecule has 1 atom stereocenters. The van der Waals surface area contributed by atoms with Crippen molar-refractivity contribution in [3.8, 4) is 0 Å². The number of aromatic nitrogens is 2. The summed E-state index contributed by atoms with van der Waals surface area (Å²) >= 11 is 0. The van der Waals surface area contributed by atoms with Crippen LogP contribution in [0.25, 0.3) is 0 Å². The second-order valence-electron chi connectivity index (χ2n) is 5.26. The fraction of sp³-hybridized carbons (Fsp3) is 0.400. The lowest BCUT2D eigenvalue weighted by molar-refractivity contribution is 0.453.